The number of carbonyl (C=O) groups excluding carboxylic acids is 3. The first kappa shape index (κ1) is 19.5. The van der Waals surface area contributed by atoms with E-state index in [4.69, 9.17) is 0 Å². The van der Waals surface area contributed by atoms with Crippen LogP contribution in [0.4, 0.5) is 0 Å². The Labute approximate surface area is 161 Å². The van der Waals surface area contributed by atoms with Gasteiger partial charge in [0, 0.05) is 18.1 Å². The molecule has 0 bridgehead atoms. The van der Waals surface area contributed by atoms with E-state index >= 15 is 0 Å². The predicted molar refractivity (Wildman–Crippen MR) is 101 cm³/mol. The number of esters is 1. The Hall–Kier alpha value is -3.26. The first-order valence-electron chi connectivity index (χ1n) is 8.82. The molecule has 1 aromatic heterocycles. The van der Waals surface area contributed by atoms with Gasteiger partial charge < -0.3 is 20.1 Å². The number of aromatic nitrogens is 1. The van der Waals surface area contributed by atoms with Gasteiger partial charge in [-0.05, 0) is 23.4 Å². The molecule has 8 heteroatoms. The third-order valence-corrected chi connectivity index (χ3v) is 4.59. The van der Waals surface area contributed by atoms with Crippen molar-refractivity contribution in [2.24, 2.45) is 0 Å². The molecule has 146 valence electrons. The fourth-order valence-electron chi connectivity index (χ4n) is 3.11. The van der Waals surface area contributed by atoms with Gasteiger partial charge in [-0.1, -0.05) is 30.3 Å². The summed E-state index contributed by atoms with van der Waals surface area (Å²) in [7, 11) is 1.23. The Balaban J connectivity index is 1.84. The lowest BCUT2D eigenvalue weighted by Crippen LogP contribution is -2.49. The van der Waals surface area contributed by atoms with Crippen molar-refractivity contribution in [3.05, 3.63) is 53.9 Å². The van der Waals surface area contributed by atoms with Gasteiger partial charge in [0.15, 0.2) is 0 Å². The van der Waals surface area contributed by atoms with E-state index < -0.39 is 23.8 Å². The lowest BCUT2D eigenvalue weighted by molar-refractivity contribution is -0.147. The number of nitrogens with one attached hydrogen (secondary N) is 1. The predicted octanol–water partition coefficient (Wildman–Crippen LogP) is 0.657. The second-order valence-electron chi connectivity index (χ2n) is 6.43. The smallest absolute Gasteiger partial charge is 0.325 e. The fraction of sp³-hybridized carbons (Fsp3) is 0.300. The fourth-order valence-corrected chi connectivity index (χ4v) is 3.11. The van der Waals surface area contributed by atoms with Crippen molar-refractivity contribution in [1.29, 1.82) is 0 Å². The molecule has 2 aromatic rings. The Morgan fingerprint density at radius 3 is 2.86 bits per heavy atom. The van der Waals surface area contributed by atoms with Crippen molar-refractivity contribution in [2.75, 3.05) is 26.8 Å². The molecular formula is C20H21N3O5. The molecule has 3 rings (SSSR count). The lowest BCUT2D eigenvalue weighted by atomic mass is 10.1. The zero-order valence-electron chi connectivity index (χ0n) is 15.4. The number of benzene rings is 1. The van der Waals surface area contributed by atoms with Crippen LogP contribution in [0, 0.1) is 0 Å². The minimum absolute atomic E-state index is 0.101. The summed E-state index contributed by atoms with van der Waals surface area (Å²) in [4.78, 5) is 42.7. The Kier molecular flexibility index (Phi) is 6.00. The minimum atomic E-state index is -0.873. The van der Waals surface area contributed by atoms with Gasteiger partial charge in [-0.25, -0.2) is 0 Å². The molecule has 0 saturated carbocycles. The van der Waals surface area contributed by atoms with Crippen LogP contribution in [0.1, 0.15) is 16.9 Å². The van der Waals surface area contributed by atoms with E-state index in [0.717, 1.165) is 5.39 Å². The number of hydrogen-bond acceptors (Lipinski definition) is 6. The van der Waals surface area contributed by atoms with E-state index in [1.54, 1.807) is 24.4 Å². The van der Waals surface area contributed by atoms with Crippen LogP contribution in [-0.2, 0) is 14.3 Å². The largest absolute Gasteiger partial charge is 0.468 e. The van der Waals surface area contributed by atoms with Crippen LogP contribution in [-0.4, -0.2) is 65.6 Å². The molecule has 2 amide bonds. The van der Waals surface area contributed by atoms with E-state index in [1.165, 1.54) is 12.0 Å². The van der Waals surface area contributed by atoms with E-state index in [-0.39, 0.29) is 31.8 Å². The highest BCUT2D eigenvalue weighted by Crippen LogP contribution is 2.17. The standard InChI is InChI=1S/C20H21N3O5/c1-28-17(25)11-23-10-13(12-24)6-7-16(20(23)27)22-19(26)18-15-5-3-2-4-14(15)8-9-21-18/h2-6,8-9,16,24H,7,10-12H2,1H3,(H,22,26)/t16-/m0/s1. The topological polar surface area (TPSA) is 109 Å². The maximum Gasteiger partial charge on any atom is 0.325 e. The van der Waals surface area contributed by atoms with Gasteiger partial charge in [-0.3, -0.25) is 19.4 Å². The maximum absolute atomic E-state index is 12.9. The number of nitrogens with zero attached hydrogens (tertiary/aromatic N) is 2. The van der Waals surface area contributed by atoms with Crippen LogP contribution >= 0.6 is 0 Å². The Morgan fingerprint density at radius 1 is 1.32 bits per heavy atom. The quantitative estimate of drug-likeness (QED) is 0.580. The van der Waals surface area contributed by atoms with E-state index in [2.05, 4.69) is 15.0 Å². The number of aliphatic hydroxyl groups is 1. The summed E-state index contributed by atoms with van der Waals surface area (Å²) in [5.74, 6) is -1.47. The van der Waals surface area contributed by atoms with Crippen LogP contribution in [0.2, 0.25) is 0 Å². The zero-order chi connectivity index (χ0) is 20.1. The van der Waals surface area contributed by atoms with Crippen LogP contribution in [0.15, 0.2) is 48.2 Å². The van der Waals surface area contributed by atoms with E-state index in [9.17, 15) is 19.5 Å². The van der Waals surface area contributed by atoms with Crippen LogP contribution in [0.5, 0.6) is 0 Å². The second kappa shape index (κ2) is 8.62. The van der Waals surface area contributed by atoms with Gasteiger partial charge in [0.25, 0.3) is 5.91 Å². The summed E-state index contributed by atoms with van der Waals surface area (Å²) in [6.45, 7) is -0.397. The average Bonchev–Trinajstić information content (AvgIpc) is 2.86. The van der Waals surface area contributed by atoms with Gasteiger partial charge in [-0.15, -0.1) is 0 Å². The van der Waals surface area contributed by atoms with Crippen LogP contribution in [0.3, 0.4) is 0 Å². The van der Waals surface area contributed by atoms with Crippen molar-refractivity contribution in [3.8, 4) is 0 Å². The Bertz CT molecular complexity index is 935. The molecule has 0 spiro atoms. The maximum atomic E-state index is 12.9. The van der Waals surface area contributed by atoms with Crippen molar-refractivity contribution >= 4 is 28.6 Å². The molecule has 28 heavy (non-hydrogen) atoms. The molecule has 1 aromatic carbocycles. The molecule has 0 radical (unpaired) electrons. The van der Waals surface area contributed by atoms with Gasteiger partial charge >= 0.3 is 5.97 Å². The van der Waals surface area contributed by atoms with Crippen molar-refractivity contribution in [1.82, 2.24) is 15.2 Å². The summed E-state index contributed by atoms with van der Waals surface area (Å²) in [5, 5.41) is 13.7. The first-order valence-corrected chi connectivity index (χ1v) is 8.82. The molecule has 0 saturated heterocycles. The number of amides is 2. The number of hydrogen-bond donors (Lipinski definition) is 2. The lowest BCUT2D eigenvalue weighted by Gasteiger charge is -2.24. The molecule has 1 atom stereocenters. The molecule has 0 aliphatic carbocycles. The van der Waals surface area contributed by atoms with E-state index in [0.29, 0.717) is 11.0 Å². The highest BCUT2D eigenvalue weighted by Gasteiger charge is 2.30. The molecular weight excluding hydrogens is 362 g/mol. The number of carbonyl (C=O) groups is 3. The molecule has 8 nitrogen and oxygen atoms in total. The molecule has 1 aliphatic rings. The Morgan fingerprint density at radius 2 is 2.11 bits per heavy atom. The molecule has 2 N–H and O–H groups in total. The van der Waals surface area contributed by atoms with Crippen molar-refractivity contribution in [2.45, 2.75) is 12.5 Å². The molecule has 0 fully saturated rings. The molecule has 0 unspecified atom stereocenters. The van der Waals surface area contributed by atoms with E-state index in [1.807, 2.05) is 18.2 Å². The van der Waals surface area contributed by atoms with Gasteiger partial charge in [-0.2, -0.15) is 0 Å². The third kappa shape index (κ3) is 4.17. The number of ether oxygens (including phenoxy) is 1. The first-order chi connectivity index (χ1) is 13.5. The minimum Gasteiger partial charge on any atom is -0.468 e. The zero-order valence-corrected chi connectivity index (χ0v) is 15.4. The van der Waals surface area contributed by atoms with Crippen LogP contribution < -0.4 is 5.32 Å². The number of pyridine rings is 1. The third-order valence-electron chi connectivity index (χ3n) is 4.59. The SMILES string of the molecule is COC(=O)CN1CC(CO)=CC[C@H](NC(=O)c2nccc3ccccc23)C1=O. The number of aliphatic hydroxyl groups excluding tert-OH is 1. The van der Waals surface area contributed by atoms with Crippen molar-refractivity contribution in [3.63, 3.8) is 0 Å². The summed E-state index contributed by atoms with van der Waals surface area (Å²) in [5.41, 5.74) is 0.818. The van der Waals surface area contributed by atoms with Crippen LogP contribution in [0.25, 0.3) is 10.8 Å². The van der Waals surface area contributed by atoms with Gasteiger partial charge in [0.2, 0.25) is 5.91 Å². The number of rotatable bonds is 5. The molecule has 2 heterocycles. The monoisotopic (exact) mass is 383 g/mol. The number of methoxy groups -OCH3 is 1. The normalized spacial score (nSPS) is 17.1. The average molecular weight is 383 g/mol. The van der Waals surface area contributed by atoms with Gasteiger partial charge in [0.1, 0.15) is 18.3 Å². The summed E-state index contributed by atoms with van der Waals surface area (Å²) >= 11 is 0. The second-order valence-corrected chi connectivity index (χ2v) is 6.43. The summed E-state index contributed by atoms with van der Waals surface area (Å²) in [6, 6.07) is 8.27. The highest BCUT2D eigenvalue weighted by molar-refractivity contribution is 6.06. The molecule has 1 aliphatic heterocycles. The summed E-state index contributed by atoms with van der Waals surface area (Å²) < 4.78 is 4.63. The number of fused-ring (bicyclic) bond motifs is 1. The van der Waals surface area contributed by atoms with Gasteiger partial charge in [0.05, 0.1) is 13.7 Å². The van der Waals surface area contributed by atoms with Crippen molar-refractivity contribution < 1.29 is 24.2 Å². The highest BCUT2D eigenvalue weighted by atomic mass is 16.5. The summed E-state index contributed by atoms with van der Waals surface area (Å²) in [6.07, 6.45) is 3.46.